The summed E-state index contributed by atoms with van der Waals surface area (Å²) in [7, 11) is 4.45. The second-order valence-corrected chi connectivity index (χ2v) is 3.53. The zero-order valence-corrected chi connectivity index (χ0v) is 10.2. The highest BCUT2D eigenvalue weighted by Gasteiger charge is 2.14. The minimum atomic E-state index is -0.438. The van der Waals surface area contributed by atoms with Crippen molar-refractivity contribution in [1.82, 2.24) is 0 Å². The highest BCUT2D eigenvalue weighted by atomic mass is 16.5. The van der Waals surface area contributed by atoms with Crippen molar-refractivity contribution in [2.75, 3.05) is 21.3 Å². The first-order valence-electron chi connectivity index (χ1n) is 5.16. The Hall–Kier alpha value is -1.75. The maximum Gasteiger partial charge on any atom is 0.307 e. The van der Waals surface area contributed by atoms with E-state index in [9.17, 15) is 4.79 Å². The summed E-state index contributed by atoms with van der Waals surface area (Å²) in [6.45, 7) is 0. The highest BCUT2D eigenvalue weighted by Crippen LogP contribution is 2.26. The van der Waals surface area contributed by atoms with Crippen molar-refractivity contribution in [3.63, 3.8) is 0 Å². The molecular formula is C12H17NO4. The standard InChI is InChI=1S/C12H17NO4/c1-15-9-4-8(5-10(6-9)16-2)11(13)7-12(14)17-3/h4-6,11H,7,13H2,1-3H3/t11-/m0/s1. The third-order valence-electron chi connectivity index (χ3n) is 2.42. The van der Waals surface area contributed by atoms with Crippen LogP contribution >= 0.6 is 0 Å². The third kappa shape index (κ3) is 3.64. The van der Waals surface area contributed by atoms with Crippen LogP contribution in [0.1, 0.15) is 18.0 Å². The van der Waals surface area contributed by atoms with E-state index in [-0.39, 0.29) is 12.4 Å². The Morgan fingerprint density at radius 2 is 1.71 bits per heavy atom. The molecular weight excluding hydrogens is 222 g/mol. The smallest absolute Gasteiger partial charge is 0.307 e. The average molecular weight is 239 g/mol. The molecule has 0 bridgehead atoms. The minimum absolute atomic E-state index is 0.118. The summed E-state index contributed by atoms with van der Waals surface area (Å²) in [6.07, 6.45) is 0.118. The van der Waals surface area contributed by atoms with Gasteiger partial charge in [-0.05, 0) is 17.7 Å². The fourth-order valence-corrected chi connectivity index (χ4v) is 1.42. The van der Waals surface area contributed by atoms with Crippen LogP contribution < -0.4 is 15.2 Å². The number of hydrogen-bond acceptors (Lipinski definition) is 5. The van der Waals surface area contributed by atoms with Crippen molar-refractivity contribution in [3.05, 3.63) is 23.8 Å². The molecule has 0 aliphatic heterocycles. The van der Waals surface area contributed by atoms with Gasteiger partial charge >= 0.3 is 5.97 Å². The minimum Gasteiger partial charge on any atom is -0.497 e. The van der Waals surface area contributed by atoms with Gasteiger partial charge in [-0.1, -0.05) is 0 Å². The van der Waals surface area contributed by atoms with E-state index >= 15 is 0 Å². The van der Waals surface area contributed by atoms with E-state index in [0.717, 1.165) is 5.56 Å². The summed E-state index contributed by atoms with van der Waals surface area (Å²) in [5.74, 6) is 0.929. The summed E-state index contributed by atoms with van der Waals surface area (Å²) >= 11 is 0. The zero-order chi connectivity index (χ0) is 12.8. The molecule has 0 radical (unpaired) electrons. The van der Waals surface area contributed by atoms with Crippen molar-refractivity contribution in [1.29, 1.82) is 0 Å². The van der Waals surface area contributed by atoms with E-state index in [1.54, 1.807) is 32.4 Å². The Morgan fingerprint density at radius 1 is 1.18 bits per heavy atom. The van der Waals surface area contributed by atoms with E-state index in [1.165, 1.54) is 7.11 Å². The first-order chi connectivity index (χ1) is 8.10. The van der Waals surface area contributed by atoms with E-state index in [2.05, 4.69) is 4.74 Å². The number of carbonyl (C=O) groups excluding carboxylic acids is 1. The van der Waals surface area contributed by atoms with Crippen LogP contribution in [0.15, 0.2) is 18.2 Å². The zero-order valence-electron chi connectivity index (χ0n) is 10.2. The Morgan fingerprint density at radius 3 is 2.12 bits per heavy atom. The molecule has 0 aliphatic rings. The van der Waals surface area contributed by atoms with Gasteiger partial charge in [-0.15, -0.1) is 0 Å². The Balaban J connectivity index is 2.91. The largest absolute Gasteiger partial charge is 0.497 e. The van der Waals surface area contributed by atoms with Crippen LogP contribution in [0.3, 0.4) is 0 Å². The molecule has 0 fully saturated rings. The fourth-order valence-electron chi connectivity index (χ4n) is 1.42. The molecule has 0 saturated carbocycles. The predicted octanol–water partition coefficient (Wildman–Crippen LogP) is 1.27. The van der Waals surface area contributed by atoms with Gasteiger partial charge in [-0.2, -0.15) is 0 Å². The topological polar surface area (TPSA) is 70.8 Å². The molecule has 5 nitrogen and oxygen atoms in total. The number of esters is 1. The summed E-state index contributed by atoms with van der Waals surface area (Å²) in [5.41, 5.74) is 6.68. The van der Waals surface area contributed by atoms with Crippen LogP contribution in [0, 0.1) is 0 Å². The Labute approximate surface area is 100 Å². The van der Waals surface area contributed by atoms with E-state index < -0.39 is 6.04 Å². The molecule has 0 aliphatic carbocycles. The number of hydrogen-bond donors (Lipinski definition) is 1. The molecule has 17 heavy (non-hydrogen) atoms. The number of rotatable bonds is 5. The quantitative estimate of drug-likeness (QED) is 0.783. The van der Waals surface area contributed by atoms with Gasteiger partial charge in [0.1, 0.15) is 11.5 Å². The third-order valence-corrected chi connectivity index (χ3v) is 2.42. The van der Waals surface area contributed by atoms with Gasteiger partial charge in [-0.3, -0.25) is 4.79 Å². The molecule has 0 saturated heterocycles. The highest BCUT2D eigenvalue weighted by molar-refractivity contribution is 5.70. The lowest BCUT2D eigenvalue weighted by atomic mass is 10.0. The maximum atomic E-state index is 11.1. The second kappa shape index (κ2) is 6.10. The monoisotopic (exact) mass is 239 g/mol. The summed E-state index contributed by atoms with van der Waals surface area (Å²) in [5, 5.41) is 0. The van der Waals surface area contributed by atoms with Gasteiger partial charge in [0.25, 0.3) is 0 Å². The van der Waals surface area contributed by atoms with Crippen LogP contribution in [0.5, 0.6) is 11.5 Å². The lowest BCUT2D eigenvalue weighted by molar-refractivity contribution is -0.141. The van der Waals surface area contributed by atoms with Crippen molar-refractivity contribution in [3.8, 4) is 11.5 Å². The first kappa shape index (κ1) is 13.3. The number of ether oxygens (including phenoxy) is 3. The lowest BCUT2D eigenvalue weighted by Gasteiger charge is -2.13. The first-order valence-corrected chi connectivity index (χ1v) is 5.16. The van der Waals surface area contributed by atoms with Gasteiger partial charge in [-0.25, -0.2) is 0 Å². The normalized spacial score (nSPS) is 11.8. The molecule has 2 N–H and O–H groups in total. The van der Waals surface area contributed by atoms with E-state index in [0.29, 0.717) is 11.5 Å². The Kier molecular flexibility index (Phi) is 4.78. The maximum absolute atomic E-state index is 11.1. The van der Waals surface area contributed by atoms with Crippen molar-refractivity contribution in [2.45, 2.75) is 12.5 Å². The summed E-state index contributed by atoms with van der Waals surface area (Å²) < 4.78 is 14.8. The lowest BCUT2D eigenvalue weighted by Crippen LogP contribution is -2.16. The molecule has 0 heterocycles. The molecule has 0 amide bonds. The van der Waals surface area contributed by atoms with Crippen LogP contribution in [0.2, 0.25) is 0 Å². The van der Waals surface area contributed by atoms with Crippen molar-refractivity contribution in [2.24, 2.45) is 5.73 Å². The molecule has 0 unspecified atom stereocenters. The van der Waals surface area contributed by atoms with Crippen LogP contribution in [-0.4, -0.2) is 27.3 Å². The van der Waals surface area contributed by atoms with Crippen LogP contribution in [0.4, 0.5) is 0 Å². The molecule has 0 spiro atoms. The van der Waals surface area contributed by atoms with Crippen molar-refractivity contribution >= 4 is 5.97 Å². The SMILES string of the molecule is COC(=O)C[C@H](N)c1cc(OC)cc(OC)c1. The van der Waals surface area contributed by atoms with E-state index in [4.69, 9.17) is 15.2 Å². The van der Waals surface area contributed by atoms with Gasteiger partial charge < -0.3 is 19.9 Å². The van der Waals surface area contributed by atoms with Gasteiger partial charge in [0.2, 0.25) is 0 Å². The van der Waals surface area contributed by atoms with Crippen LogP contribution in [0.25, 0.3) is 0 Å². The molecule has 5 heteroatoms. The van der Waals surface area contributed by atoms with Gasteiger partial charge in [0.15, 0.2) is 0 Å². The van der Waals surface area contributed by atoms with Gasteiger partial charge in [0, 0.05) is 12.1 Å². The molecule has 94 valence electrons. The molecule has 1 atom stereocenters. The number of carbonyl (C=O) groups is 1. The number of benzene rings is 1. The molecule has 1 aromatic carbocycles. The summed E-state index contributed by atoms with van der Waals surface area (Å²) in [4.78, 5) is 11.1. The van der Waals surface area contributed by atoms with Gasteiger partial charge in [0.05, 0.1) is 27.8 Å². The van der Waals surface area contributed by atoms with Crippen LogP contribution in [-0.2, 0) is 9.53 Å². The predicted molar refractivity (Wildman–Crippen MR) is 63.1 cm³/mol. The Bertz CT molecular complexity index is 370. The summed E-state index contributed by atoms with van der Waals surface area (Å²) in [6, 6.07) is 4.85. The molecule has 1 rings (SSSR count). The molecule has 0 aromatic heterocycles. The second-order valence-electron chi connectivity index (χ2n) is 3.53. The number of nitrogens with two attached hydrogens (primary N) is 1. The van der Waals surface area contributed by atoms with E-state index in [1.807, 2.05) is 0 Å². The number of methoxy groups -OCH3 is 3. The average Bonchev–Trinajstić information content (AvgIpc) is 2.37. The molecule has 1 aromatic rings. The van der Waals surface area contributed by atoms with Crippen molar-refractivity contribution < 1.29 is 19.0 Å². The fraction of sp³-hybridized carbons (Fsp3) is 0.417.